The van der Waals surface area contributed by atoms with E-state index in [4.69, 9.17) is 10.5 Å². The average Bonchev–Trinajstić information content (AvgIpc) is 2.94. The van der Waals surface area contributed by atoms with Gasteiger partial charge < -0.3 is 20.7 Å². The van der Waals surface area contributed by atoms with E-state index in [0.717, 1.165) is 12.8 Å². The van der Waals surface area contributed by atoms with Crippen LogP contribution in [0.3, 0.4) is 0 Å². The minimum Gasteiger partial charge on any atom is -0.465 e. The van der Waals surface area contributed by atoms with Crippen LogP contribution < -0.4 is 16.0 Å². The van der Waals surface area contributed by atoms with Gasteiger partial charge in [-0.15, -0.1) is 0 Å². The lowest BCUT2D eigenvalue weighted by Gasteiger charge is -2.28. The molecule has 1 aliphatic rings. The highest BCUT2D eigenvalue weighted by molar-refractivity contribution is 6.00. The molecule has 6 heteroatoms. The Balaban J connectivity index is 2.46. The fourth-order valence-electron chi connectivity index (χ4n) is 2.63. The molecule has 1 aliphatic heterocycles. The van der Waals surface area contributed by atoms with Crippen LogP contribution in [0.15, 0.2) is 18.2 Å². The Kier molecular flexibility index (Phi) is 4.12. The number of rotatable bonds is 3. The van der Waals surface area contributed by atoms with E-state index in [9.17, 15) is 9.59 Å². The molecule has 108 valence electrons. The quantitative estimate of drug-likeness (QED) is 0.629. The Morgan fingerprint density at radius 2 is 2.20 bits per heavy atom. The number of carbonyl (C=O) groups excluding carboxylic acids is 2. The van der Waals surface area contributed by atoms with Crippen molar-refractivity contribution in [1.82, 2.24) is 5.32 Å². The van der Waals surface area contributed by atoms with Gasteiger partial charge in [-0.25, -0.2) is 4.79 Å². The van der Waals surface area contributed by atoms with Crippen LogP contribution in [0, 0.1) is 0 Å². The monoisotopic (exact) mass is 277 g/mol. The van der Waals surface area contributed by atoms with Crippen LogP contribution in [0.5, 0.6) is 0 Å². The Bertz CT molecular complexity index is 530. The molecule has 2 rings (SSSR count). The molecule has 1 heterocycles. The number of nitrogen functional groups attached to an aromatic ring is 1. The van der Waals surface area contributed by atoms with Crippen molar-refractivity contribution in [3.63, 3.8) is 0 Å². The molecule has 0 spiro atoms. The third kappa shape index (κ3) is 2.41. The summed E-state index contributed by atoms with van der Waals surface area (Å²) in [5.74, 6) is -0.517. The summed E-state index contributed by atoms with van der Waals surface area (Å²) in [5.41, 5.74) is 7.47. The Morgan fingerprint density at radius 1 is 1.45 bits per heavy atom. The molecule has 1 atom stereocenters. The molecular formula is C14H19N3O3. The summed E-state index contributed by atoms with van der Waals surface area (Å²) in [6.45, 7) is 0.691. The molecule has 0 bridgehead atoms. The van der Waals surface area contributed by atoms with Crippen LogP contribution in [-0.2, 0) is 9.53 Å². The molecule has 1 saturated heterocycles. The second kappa shape index (κ2) is 5.81. The van der Waals surface area contributed by atoms with Gasteiger partial charge in [-0.3, -0.25) is 4.79 Å². The van der Waals surface area contributed by atoms with Crippen LogP contribution in [0.25, 0.3) is 0 Å². The van der Waals surface area contributed by atoms with E-state index in [1.165, 1.54) is 7.11 Å². The number of benzene rings is 1. The lowest BCUT2D eigenvalue weighted by atomic mass is 10.1. The zero-order valence-corrected chi connectivity index (χ0v) is 11.7. The average molecular weight is 277 g/mol. The largest absolute Gasteiger partial charge is 0.465 e. The number of methoxy groups -OCH3 is 1. The fraction of sp³-hybridized carbons (Fsp3) is 0.429. The summed E-state index contributed by atoms with van der Waals surface area (Å²) >= 11 is 0. The fourth-order valence-corrected chi connectivity index (χ4v) is 2.63. The van der Waals surface area contributed by atoms with E-state index in [-0.39, 0.29) is 11.9 Å². The number of hydrogen-bond donors (Lipinski definition) is 2. The second-order valence-corrected chi connectivity index (χ2v) is 4.70. The summed E-state index contributed by atoms with van der Waals surface area (Å²) in [6.07, 6.45) is 1.63. The van der Waals surface area contributed by atoms with E-state index in [0.29, 0.717) is 23.5 Å². The molecule has 1 fully saturated rings. The molecular weight excluding hydrogens is 258 g/mol. The number of likely N-dealkylation sites (N-methyl/N-ethyl adjacent to an activating group) is 1. The van der Waals surface area contributed by atoms with E-state index in [1.807, 2.05) is 4.90 Å². The summed E-state index contributed by atoms with van der Waals surface area (Å²) in [5, 5.41) is 2.65. The lowest BCUT2D eigenvalue weighted by molar-refractivity contribution is -0.121. The van der Waals surface area contributed by atoms with Crippen LogP contribution >= 0.6 is 0 Å². The number of esters is 1. The van der Waals surface area contributed by atoms with Crippen molar-refractivity contribution in [2.45, 2.75) is 18.9 Å². The summed E-state index contributed by atoms with van der Waals surface area (Å²) in [6, 6.07) is 4.79. The maximum absolute atomic E-state index is 12.0. The Labute approximate surface area is 117 Å². The number of para-hydroxylation sites is 1. The third-order valence-electron chi connectivity index (χ3n) is 3.56. The summed E-state index contributed by atoms with van der Waals surface area (Å²) < 4.78 is 4.79. The number of ether oxygens (including phenoxy) is 1. The summed E-state index contributed by atoms with van der Waals surface area (Å²) in [7, 11) is 2.93. The van der Waals surface area contributed by atoms with Gasteiger partial charge in [-0.1, -0.05) is 6.07 Å². The minimum absolute atomic E-state index is 0.0680. The first-order valence-corrected chi connectivity index (χ1v) is 6.55. The van der Waals surface area contributed by atoms with Crippen molar-refractivity contribution in [3.8, 4) is 0 Å². The van der Waals surface area contributed by atoms with Crippen molar-refractivity contribution in [2.24, 2.45) is 0 Å². The third-order valence-corrected chi connectivity index (χ3v) is 3.56. The van der Waals surface area contributed by atoms with Crippen LogP contribution in [0.1, 0.15) is 23.2 Å². The molecule has 1 unspecified atom stereocenters. The maximum Gasteiger partial charge on any atom is 0.340 e. The molecule has 1 aromatic rings. The van der Waals surface area contributed by atoms with E-state index >= 15 is 0 Å². The highest BCUT2D eigenvalue weighted by Gasteiger charge is 2.33. The van der Waals surface area contributed by atoms with Gasteiger partial charge in [0.25, 0.3) is 0 Å². The summed E-state index contributed by atoms with van der Waals surface area (Å²) in [4.78, 5) is 25.7. The standard InChI is InChI=1S/C14H19N3O3/c1-16-13(18)11-7-4-8-17(11)12-9(14(19)20-2)5-3-6-10(12)15/h3,5-6,11H,4,7-8,15H2,1-2H3,(H,16,18). The predicted octanol–water partition coefficient (Wildman–Crippen LogP) is 0.770. The van der Waals surface area contributed by atoms with Crippen molar-refractivity contribution >= 4 is 23.3 Å². The van der Waals surface area contributed by atoms with Gasteiger partial charge in [-0.2, -0.15) is 0 Å². The topological polar surface area (TPSA) is 84.7 Å². The molecule has 1 aromatic carbocycles. The molecule has 0 aliphatic carbocycles. The maximum atomic E-state index is 12.0. The number of anilines is 2. The molecule has 6 nitrogen and oxygen atoms in total. The minimum atomic E-state index is -0.449. The Morgan fingerprint density at radius 3 is 2.85 bits per heavy atom. The van der Waals surface area contributed by atoms with Gasteiger partial charge in [0, 0.05) is 13.6 Å². The number of amides is 1. The van der Waals surface area contributed by atoms with Crippen molar-refractivity contribution < 1.29 is 14.3 Å². The van der Waals surface area contributed by atoms with Gasteiger partial charge in [0.05, 0.1) is 24.0 Å². The highest BCUT2D eigenvalue weighted by Crippen LogP contribution is 2.34. The zero-order chi connectivity index (χ0) is 14.7. The van der Waals surface area contributed by atoms with Crippen molar-refractivity contribution in [2.75, 3.05) is 31.3 Å². The number of carbonyl (C=O) groups is 2. The molecule has 1 amide bonds. The molecule has 0 saturated carbocycles. The number of nitrogens with two attached hydrogens (primary N) is 1. The zero-order valence-electron chi connectivity index (χ0n) is 11.7. The number of nitrogens with zero attached hydrogens (tertiary/aromatic N) is 1. The predicted molar refractivity (Wildman–Crippen MR) is 76.6 cm³/mol. The lowest BCUT2D eigenvalue weighted by Crippen LogP contribution is -2.42. The first-order chi connectivity index (χ1) is 9.60. The smallest absolute Gasteiger partial charge is 0.340 e. The molecule has 3 N–H and O–H groups in total. The van der Waals surface area contributed by atoms with Gasteiger partial charge in [0.15, 0.2) is 0 Å². The van der Waals surface area contributed by atoms with Gasteiger partial charge >= 0.3 is 5.97 Å². The van der Waals surface area contributed by atoms with Crippen LogP contribution in [0.4, 0.5) is 11.4 Å². The SMILES string of the molecule is CNC(=O)C1CCCN1c1c(N)cccc1C(=O)OC. The number of hydrogen-bond acceptors (Lipinski definition) is 5. The molecule has 20 heavy (non-hydrogen) atoms. The first kappa shape index (κ1) is 14.2. The second-order valence-electron chi connectivity index (χ2n) is 4.70. The van der Waals surface area contributed by atoms with Gasteiger partial charge in [0.1, 0.15) is 6.04 Å². The van der Waals surface area contributed by atoms with E-state index in [2.05, 4.69) is 5.32 Å². The molecule has 0 aromatic heterocycles. The van der Waals surface area contributed by atoms with Crippen molar-refractivity contribution in [1.29, 1.82) is 0 Å². The first-order valence-electron chi connectivity index (χ1n) is 6.55. The van der Waals surface area contributed by atoms with Crippen molar-refractivity contribution in [3.05, 3.63) is 23.8 Å². The van der Waals surface area contributed by atoms with E-state index in [1.54, 1.807) is 25.2 Å². The van der Waals surface area contributed by atoms with Crippen LogP contribution in [-0.4, -0.2) is 38.6 Å². The van der Waals surface area contributed by atoms with Gasteiger partial charge in [0.2, 0.25) is 5.91 Å². The van der Waals surface area contributed by atoms with Gasteiger partial charge in [-0.05, 0) is 25.0 Å². The normalized spacial score (nSPS) is 17.9. The highest BCUT2D eigenvalue weighted by atomic mass is 16.5. The van der Waals surface area contributed by atoms with E-state index < -0.39 is 5.97 Å². The van der Waals surface area contributed by atoms with Crippen LogP contribution in [0.2, 0.25) is 0 Å². The molecule has 0 radical (unpaired) electrons. The Hall–Kier alpha value is -2.24. The number of nitrogens with one attached hydrogen (secondary N) is 1.